The van der Waals surface area contributed by atoms with E-state index >= 15 is 0 Å². The number of ether oxygens (including phenoxy) is 1. The van der Waals surface area contributed by atoms with Crippen molar-refractivity contribution in [3.05, 3.63) is 71.8 Å². The van der Waals surface area contributed by atoms with E-state index in [1.807, 2.05) is 37.3 Å². The first-order valence-corrected chi connectivity index (χ1v) is 9.46. The molecule has 0 fully saturated rings. The first-order chi connectivity index (χ1) is 14.0. The van der Waals surface area contributed by atoms with E-state index in [-0.39, 0.29) is 23.1 Å². The lowest BCUT2D eigenvalue weighted by Gasteiger charge is -2.18. The van der Waals surface area contributed by atoms with Crippen molar-refractivity contribution in [1.29, 1.82) is 0 Å². The number of hydrogen-bond acceptors (Lipinski definition) is 5. The largest absolute Gasteiger partial charge is 0.507 e. The van der Waals surface area contributed by atoms with Crippen molar-refractivity contribution in [2.45, 2.75) is 25.8 Å². The molecule has 0 heterocycles. The zero-order valence-electron chi connectivity index (χ0n) is 16.1. The van der Waals surface area contributed by atoms with Gasteiger partial charge >= 0.3 is 5.97 Å². The third-order valence-electron chi connectivity index (χ3n) is 4.66. The van der Waals surface area contributed by atoms with E-state index in [1.54, 1.807) is 24.3 Å². The van der Waals surface area contributed by atoms with Gasteiger partial charge < -0.3 is 20.3 Å². The number of amides is 1. The van der Waals surface area contributed by atoms with Gasteiger partial charge in [0.25, 0.3) is 5.91 Å². The van der Waals surface area contributed by atoms with Gasteiger partial charge in [0.2, 0.25) is 0 Å². The first-order valence-electron chi connectivity index (χ1n) is 9.46. The van der Waals surface area contributed by atoms with E-state index in [4.69, 9.17) is 4.74 Å². The Kier molecular flexibility index (Phi) is 6.34. The molecule has 0 radical (unpaired) electrons. The molecule has 0 aliphatic heterocycles. The van der Waals surface area contributed by atoms with Crippen LogP contribution in [0.15, 0.2) is 60.7 Å². The normalized spacial score (nSPS) is 11.8. The molecule has 0 spiro atoms. The lowest BCUT2D eigenvalue weighted by atomic mass is 10.0. The minimum atomic E-state index is -0.884. The molecule has 3 aromatic carbocycles. The van der Waals surface area contributed by atoms with Gasteiger partial charge in [-0.3, -0.25) is 4.79 Å². The quantitative estimate of drug-likeness (QED) is 0.415. The molecule has 0 saturated heterocycles. The molecule has 0 aromatic heterocycles. The highest BCUT2D eigenvalue weighted by Crippen LogP contribution is 2.35. The summed E-state index contributed by atoms with van der Waals surface area (Å²) in [6.45, 7) is 1.54. The van der Waals surface area contributed by atoms with Crippen molar-refractivity contribution in [3.63, 3.8) is 0 Å². The third kappa shape index (κ3) is 4.66. The fraction of sp³-hybridized carbons (Fsp3) is 0.217. The molecule has 0 saturated carbocycles. The van der Waals surface area contributed by atoms with Crippen LogP contribution in [0.1, 0.15) is 41.7 Å². The summed E-state index contributed by atoms with van der Waals surface area (Å²) >= 11 is 0. The van der Waals surface area contributed by atoms with Gasteiger partial charge in [-0.25, -0.2) is 4.79 Å². The molecule has 29 heavy (non-hydrogen) atoms. The number of nitrogens with one attached hydrogen (secondary N) is 1. The Balaban J connectivity index is 1.68. The number of esters is 1. The Morgan fingerprint density at radius 3 is 2.34 bits per heavy atom. The minimum Gasteiger partial charge on any atom is -0.507 e. The van der Waals surface area contributed by atoms with Gasteiger partial charge in [-0.1, -0.05) is 67.9 Å². The van der Waals surface area contributed by atoms with Crippen LogP contribution in [0.3, 0.4) is 0 Å². The van der Waals surface area contributed by atoms with Crippen LogP contribution >= 0.6 is 0 Å². The number of aromatic hydroxyl groups is 2. The average molecular weight is 393 g/mol. The maximum absolute atomic E-state index is 12.4. The van der Waals surface area contributed by atoms with Gasteiger partial charge in [0.1, 0.15) is 17.1 Å². The van der Waals surface area contributed by atoms with Crippen LogP contribution in [-0.2, 0) is 9.53 Å². The van der Waals surface area contributed by atoms with Crippen molar-refractivity contribution in [3.8, 4) is 11.5 Å². The van der Waals surface area contributed by atoms with Crippen molar-refractivity contribution in [2.75, 3.05) is 6.61 Å². The zero-order valence-corrected chi connectivity index (χ0v) is 16.1. The van der Waals surface area contributed by atoms with Crippen LogP contribution in [0.25, 0.3) is 10.8 Å². The molecule has 6 nitrogen and oxygen atoms in total. The molecule has 3 N–H and O–H groups in total. The minimum absolute atomic E-state index is 0.151. The molecule has 1 amide bonds. The van der Waals surface area contributed by atoms with Crippen LogP contribution in [0.5, 0.6) is 11.5 Å². The number of phenolic OH excluding ortho intramolecular Hbond substituents is 2. The smallest absolute Gasteiger partial charge is 0.342 e. The maximum atomic E-state index is 12.4. The number of carbonyl (C=O) groups excluding carboxylic acids is 2. The summed E-state index contributed by atoms with van der Waals surface area (Å²) < 4.78 is 5.07. The Morgan fingerprint density at radius 2 is 1.66 bits per heavy atom. The van der Waals surface area contributed by atoms with Gasteiger partial charge in [-0.2, -0.15) is 0 Å². The summed E-state index contributed by atoms with van der Waals surface area (Å²) in [6.07, 6.45) is 1.63. The summed E-state index contributed by atoms with van der Waals surface area (Å²) in [5.74, 6) is -1.77. The molecule has 0 aliphatic carbocycles. The molecule has 0 bridgehead atoms. The van der Waals surface area contributed by atoms with Crippen LogP contribution < -0.4 is 5.32 Å². The van der Waals surface area contributed by atoms with E-state index in [2.05, 4.69) is 5.32 Å². The average Bonchev–Trinajstić information content (AvgIpc) is 2.75. The third-order valence-corrected chi connectivity index (χ3v) is 4.66. The Hall–Kier alpha value is -3.54. The summed E-state index contributed by atoms with van der Waals surface area (Å²) in [5.41, 5.74) is 0.785. The molecule has 1 atom stereocenters. The number of fused-ring (bicyclic) bond motifs is 1. The molecule has 3 rings (SSSR count). The van der Waals surface area contributed by atoms with E-state index in [0.717, 1.165) is 24.5 Å². The van der Waals surface area contributed by atoms with E-state index in [1.165, 1.54) is 0 Å². The SMILES string of the molecule is CCC[C@@H](NC(=O)COC(=O)c1cc(O)c2ccccc2c1O)c1ccccc1. The van der Waals surface area contributed by atoms with Gasteiger partial charge in [0, 0.05) is 10.8 Å². The first kappa shape index (κ1) is 20.2. The molecular weight excluding hydrogens is 370 g/mol. The van der Waals surface area contributed by atoms with Crippen molar-refractivity contribution in [2.24, 2.45) is 0 Å². The molecule has 0 unspecified atom stereocenters. The highest BCUT2D eigenvalue weighted by Gasteiger charge is 2.20. The topological polar surface area (TPSA) is 95.9 Å². The van der Waals surface area contributed by atoms with E-state index in [9.17, 15) is 19.8 Å². The predicted octanol–water partition coefficient (Wildman–Crippen LogP) is 4.07. The second kappa shape index (κ2) is 9.10. The van der Waals surface area contributed by atoms with Crippen molar-refractivity contribution >= 4 is 22.6 Å². The lowest BCUT2D eigenvalue weighted by Crippen LogP contribution is -2.32. The molecule has 150 valence electrons. The second-order valence-corrected chi connectivity index (χ2v) is 6.73. The van der Waals surface area contributed by atoms with Gasteiger partial charge in [-0.15, -0.1) is 0 Å². The molecule has 6 heteroatoms. The Bertz CT molecular complexity index is 1020. The van der Waals surface area contributed by atoms with Crippen LogP contribution in [0.4, 0.5) is 0 Å². The van der Waals surface area contributed by atoms with E-state index in [0.29, 0.717) is 10.8 Å². The van der Waals surface area contributed by atoms with E-state index < -0.39 is 18.5 Å². The number of carbonyl (C=O) groups is 2. The summed E-state index contributed by atoms with van der Waals surface area (Å²) in [5, 5.41) is 24.1. The summed E-state index contributed by atoms with van der Waals surface area (Å²) in [7, 11) is 0. The van der Waals surface area contributed by atoms with Crippen LogP contribution in [0.2, 0.25) is 0 Å². The predicted molar refractivity (Wildman–Crippen MR) is 110 cm³/mol. The summed E-state index contributed by atoms with van der Waals surface area (Å²) in [6, 6.07) is 17.1. The molecular formula is C23H23NO5. The maximum Gasteiger partial charge on any atom is 0.342 e. The van der Waals surface area contributed by atoms with Crippen molar-refractivity contribution < 1.29 is 24.5 Å². The van der Waals surface area contributed by atoms with Gasteiger partial charge in [0.05, 0.1) is 6.04 Å². The standard InChI is InChI=1S/C23H23NO5/c1-2-8-19(15-9-4-3-5-10-15)24-21(26)14-29-23(28)18-13-20(25)16-11-6-7-12-17(16)22(18)27/h3-7,9-13,19,25,27H,2,8,14H2,1H3,(H,24,26)/t19-/m1/s1. The molecule has 0 aliphatic rings. The highest BCUT2D eigenvalue weighted by molar-refractivity contribution is 6.04. The van der Waals surface area contributed by atoms with Crippen molar-refractivity contribution in [1.82, 2.24) is 5.32 Å². The number of phenols is 2. The fourth-order valence-corrected chi connectivity index (χ4v) is 3.24. The van der Waals surface area contributed by atoms with Crippen LogP contribution in [0, 0.1) is 0 Å². The van der Waals surface area contributed by atoms with Gasteiger partial charge in [0.15, 0.2) is 6.61 Å². The van der Waals surface area contributed by atoms with Gasteiger partial charge in [-0.05, 0) is 18.1 Å². The lowest BCUT2D eigenvalue weighted by molar-refractivity contribution is -0.125. The summed E-state index contributed by atoms with van der Waals surface area (Å²) in [4.78, 5) is 24.7. The number of benzene rings is 3. The zero-order chi connectivity index (χ0) is 20.8. The second-order valence-electron chi connectivity index (χ2n) is 6.73. The Morgan fingerprint density at radius 1 is 1.00 bits per heavy atom. The number of hydrogen-bond donors (Lipinski definition) is 3. The highest BCUT2D eigenvalue weighted by atomic mass is 16.5. The Labute approximate surface area is 168 Å². The fourth-order valence-electron chi connectivity index (χ4n) is 3.24. The monoisotopic (exact) mass is 393 g/mol. The number of rotatable bonds is 7. The molecule has 3 aromatic rings. The van der Waals surface area contributed by atoms with Crippen LogP contribution in [-0.4, -0.2) is 28.7 Å².